The third-order valence-electron chi connectivity index (χ3n) is 3.57. The molecule has 0 aliphatic heterocycles. The van der Waals surface area contributed by atoms with Gasteiger partial charge in [-0.2, -0.15) is 0 Å². The van der Waals surface area contributed by atoms with Crippen molar-refractivity contribution in [2.75, 3.05) is 5.73 Å². The minimum atomic E-state index is 0.672. The number of nitrogens with zero attached hydrogens (tertiary/aromatic N) is 2. The maximum Gasteiger partial charge on any atom is 0.200 e. The molecule has 3 heteroatoms. The van der Waals surface area contributed by atoms with E-state index in [0.29, 0.717) is 5.95 Å². The predicted octanol–water partition coefficient (Wildman–Crippen LogP) is 2.60. The van der Waals surface area contributed by atoms with Gasteiger partial charge in [-0.05, 0) is 31.6 Å². The second kappa shape index (κ2) is 4.25. The molecule has 0 radical (unpaired) electrons. The summed E-state index contributed by atoms with van der Waals surface area (Å²) in [5, 5.41) is 0. The molecule has 1 saturated carbocycles. The highest BCUT2D eigenvalue weighted by Gasteiger charge is 2.20. The Kier molecular flexibility index (Phi) is 2.98. The number of anilines is 1. The van der Waals surface area contributed by atoms with Crippen LogP contribution in [0.2, 0.25) is 0 Å². The van der Waals surface area contributed by atoms with Crippen molar-refractivity contribution in [2.45, 2.75) is 46.1 Å². The van der Waals surface area contributed by atoms with E-state index in [4.69, 9.17) is 5.73 Å². The highest BCUT2D eigenvalue weighted by molar-refractivity contribution is 5.21. The van der Waals surface area contributed by atoms with Gasteiger partial charge in [-0.1, -0.05) is 19.8 Å². The van der Waals surface area contributed by atoms with Crippen molar-refractivity contribution < 1.29 is 0 Å². The molecule has 1 heterocycles. The van der Waals surface area contributed by atoms with Gasteiger partial charge in [0.1, 0.15) is 0 Å². The molecule has 0 bridgehead atoms. The first-order valence-corrected chi connectivity index (χ1v) is 5.94. The molecular weight excluding hydrogens is 186 g/mol. The summed E-state index contributed by atoms with van der Waals surface area (Å²) in [5.74, 6) is 2.35. The second-order valence-corrected chi connectivity index (χ2v) is 5.01. The Labute approximate surface area is 91.7 Å². The van der Waals surface area contributed by atoms with E-state index in [2.05, 4.69) is 23.4 Å². The van der Waals surface area contributed by atoms with Gasteiger partial charge in [0.25, 0.3) is 0 Å². The van der Waals surface area contributed by atoms with Crippen LogP contribution >= 0.6 is 0 Å². The summed E-state index contributed by atoms with van der Waals surface area (Å²) in [4.78, 5) is 4.14. The van der Waals surface area contributed by atoms with Gasteiger partial charge in [0, 0.05) is 12.2 Å². The number of nitrogen functional groups attached to an aromatic ring is 1. The van der Waals surface area contributed by atoms with E-state index in [-0.39, 0.29) is 0 Å². The van der Waals surface area contributed by atoms with E-state index in [1.807, 2.05) is 6.20 Å². The number of aromatic nitrogens is 2. The lowest BCUT2D eigenvalue weighted by Crippen LogP contribution is -2.20. The minimum Gasteiger partial charge on any atom is -0.369 e. The van der Waals surface area contributed by atoms with Crippen LogP contribution in [0.1, 0.15) is 38.3 Å². The number of hydrogen-bond acceptors (Lipinski definition) is 2. The summed E-state index contributed by atoms with van der Waals surface area (Å²) in [5.41, 5.74) is 7.03. The molecular formula is C12H21N3. The maximum absolute atomic E-state index is 5.85. The monoisotopic (exact) mass is 207 g/mol. The number of imidazole rings is 1. The average Bonchev–Trinajstić information content (AvgIpc) is 2.50. The van der Waals surface area contributed by atoms with Crippen molar-refractivity contribution >= 4 is 5.95 Å². The van der Waals surface area contributed by atoms with Crippen LogP contribution in [0.15, 0.2) is 6.20 Å². The number of rotatable bonds is 2. The molecule has 2 N–H and O–H groups in total. The van der Waals surface area contributed by atoms with Gasteiger partial charge in [0.05, 0.1) is 6.20 Å². The van der Waals surface area contributed by atoms with E-state index in [9.17, 15) is 0 Å². The molecule has 1 fully saturated rings. The normalized spacial score (nSPS) is 26.8. The first-order chi connectivity index (χ1) is 7.16. The summed E-state index contributed by atoms with van der Waals surface area (Å²) in [6, 6.07) is 0. The van der Waals surface area contributed by atoms with Crippen LogP contribution in [0.4, 0.5) is 5.95 Å². The summed E-state index contributed by atoms with van der Waals surface area (Å²) < 4.78 is 2.16. The Morgan fingerprint density at radius 3 is 2.93 bits per heavy atom. The van der Waals surface area contributed by atoms with Crippen molar-refractivity contribution in [2.24, 2.45) is 11.8 Å². The van der Waals surface area contributed by atoms with Crippen LogP contribution in [0.25, 0.3) is 0 Å². The maximum atomic E-state index is 5.85. The summed E-state index contributed by atoms with van der Waals surface area (Å²) >= 11 is 0. The van der Waals surface area contributed by atoms with Crippen LogP contribution in [0, 0.1) is 18.8 Å². The van der Waals surface area contributed by atoms with Crippen molar-refractivity contribution in [3.05, 3.63) is 11.9 Å². The largest absolute Gasteiger partial charge is 0.369 e. The van der Waals surface area contributed by atoms with Crippen LogP contribution in [0.5, 0.6) is 0 Å². The fourth-order valence-electron chi connectivity index (χ4n) is 2.70. The first-order valence-electron chi connectivity index (χ1n) is 5.94. The van der Waals surface area contributed by atoms with E-state index in [1.165, 1.54) is 31.4 Å². The van der Waals surface area contributed by atoms with E-state index < -0.39 is 0 Å². The standard InChI is InChI=1S/C12H21N3/c1-9-4-3-5-11(6-9)8-15-10(2)7-14-12(15)13/h7,9,11H,3-6,8H2,1-2H3,(H2,13,14). The van der Waals surface area contributed by atoms with Crippen molar-refractivity contribution in [3.63, 3.8) is 0 Å². The molecule has 0 aromatic carbocycles. The number of aryl methyl sites for hydroxylation is 1. The second-order valence-electron chi connectivity index (χ2n) is 5.01. The molecule has 15 heavy (non-hydrogen) atoms. The topological polar surface area (TPSA) is 43.8 Å². The first kappa shape index (κ1) is 10.5. The zero-order valence-corrected chi connectivity index (χ0v) is 9.74. The molecule has 84 valence electrons. The van der Waals surface area contributed by atoms with E-state index in [1.54, 1.807) is 0 Å². The summed E-state index contributed by atoms with van der Waals surface area (Å²) in [7, 11) is 0. The van der Waals surface area contributed by atoms with Gasteiger partial charge < -0.3 is 10.3 Å². The number of nitrogens with two attached hydrogens (primary N) is 1. The Bertz CT molecular complexity index is 310. The van der Waals surface area contributed by atoms with Gasteiger partial charge >= 0.3 is 0 Å². The Morgan fingerprint density at radius 2 is 2.33 bits per heavy atom. The third-order valence-corrected chi connectivity index (χ3v) is 3.57. The van der Waals surface area contributed by atoms with Crippen molar-refractivity contribution in [1.82, 2.24) is 9.55 Å². The molecule has 2 unspecified atom stereocenters. The summed E-state index contributed by atoms with van der Waals surface area (Å²) in [6.07, 6.45) is 7.33. The smallest absolute Gasteiger partial charge is 0.200 e. The fourth-order valence-corrected chi connectivity index (χ4v) is 2.70. The highest BCUT2D eigenvalue weighted by Crippen LogP contribution is 2.30. The van der Waals surface area contributed by atoms with Gasteiger partial charge in [-0.25, -0.2) is 4.98 Å². The quantitative estimate of drug-likeness (QED) is 0.810. The molecule has 1 aromatic rings. The minimum absolute atomic E-state index is 0.672. The van der Waals surface area contributed by atoms with Crippen molar-refractivity contribution in [3.8, 4) is 0 Å². The molecule has 3 nitrogen and oxygen atoms in total. The number of hydrogen-bond donors (Lipinski definition) is 1. The SMILES string of the molecule is Cc1cnc(N)n1CC1CCCC(C)C1. The lowest BCUT2D eigenvalue weighted by Gasteiger charge is -2.27. The Morgan fingerprint density at radius 1 is 1.53 bits per heavy atom. The Hall–Kier alpha value is -0.990. The van der Waals surface area contributed by atoms with Crippen LogP contribution < -0.4 is 5.73 Å². The molecule has 2 atom stereocenters. The lowest BCUT2D eigenvalue weighted by atomic mass is 9.82. The zero-order chi connectivity index (χ0) is 10.8. The van der Waals surface area contributed by atoms with Gasteiger partial charge in [-0.3, -0.25) is 0 Å². The van der Waals surface area contributed by atoms with E-state index >= 15 is 0 Å². The molecule has 2 rings (SSSR count). The Balaban J connectivity index is 2.02. The fraction of sp³-hybridized carbons (Fsp3) is 0.750. The molecule has 1 aromatic heterocycles. The predicted molar refractivity (Wildman–Crippen MR) is 62.5 cm³/mol. The van der Waals surface area contributed by atoms with Gasteiger partial charge in [0.15, 0.2) is 5.95 Å². The molecule has 1 aliphatic carbocycles. The third kappa shape index (κ3) is 2.33. The molecule has 0 spiro atoms. The molecule has 1 aliphatic rings. The lowest BCUT2D eigenvalue weighted by molar-refractivity contribution is 0.257. The van der Waals surface area contributed by atoms with Crippen LogP contribution in [0.3, 0.4) is 0 Å². The van der Waals surface area contributed by atoms with Crippen LogP contribution in [-0.2, 0) is 6.54 Å². The van der Waals surface area contributed by atoms with Gasteiger partial charge in [-0.15, -0.1) is 0 Å². The van der Waals surface area contributed by atoms with Crippen LogP contribution in [-0.4, -0.2) is 9.55 Å². The molecule has 0 saturated heterocycles. The molecule has 0 amide bonds. The van der Waals surface area contributed by atoms with Crippen molar-refractivity contribution in [1.29, 1.82) is 0 Å². The van der Waals surface area contributed by atoms with Gasteiger partial charge in [0.2, 0.25) is 0 Å². The highest BCUT2D eigenvalue weighted by atomic mass is 15.1. The zero-order valence-electron chi connectivity index (χ0n) is 9.74. The average molecular weight is 207 g/mol. The van der Waals surface area contributed by atoms with E-state index in [0.717, 1.165) is 18.4 Å². The summed E-state index contributed by atoms with van der Waals surface area (Å²) in [6.45, 7) is 5.49.